The molecule has 0 saturated heterocycles. The average molecular weight is 435 g/mol. The fourth-order valence-corrected chi connectivity index (χ4v) is 3.80. The van der Waals surface area contributed by atoms with Gasteiger partial charge in [-0.15, -0.1) is 11.3 Å². The maximum Gasteiger partial charge on any atom is 0.259 e. The lowest BCUT2D eigenvalue weighted by molar-refractivity contribution is -0.120. The Labute approximate surface area is 160 Å². The van der Waals surface area contributed by atoms with E-state index >= 15 is 0 Å². The van der Waals surface area contributed by atoms with Crippen LogP contribution in [0, 0.1) is 13.8 Å². The van der Waals surface area contributed by atoms with Gasteiger partial charge in [0.25, 0.3) is 5.56 Å². The molecule has 26 heavy (non-hydrogen) atoms. The maximum absolute atomic E-state index is 12.2. The molecule has 2 heterocycles. The molecule has 0 aliphatic heterocycles. The largest absolute Gasteiger partial charge is 0.507 e. The van der Waals surface area contributed by atoms with E-state index in [9.17, 15) is 14.7 Å². The van der Waals surface area contributed by atoms with Gasteiger partial charge in [-0.2, -0.15) is 5.10 Å². The van der Waals surface area contributed by atoms with Crippen LogP contribution in [0.2, 0.25) is 0 Å². The highest BCUT2D eigenvalue weighted by molar-refractivity contribution is 9.10. The number of aryl methyl sites for hydroxylation is 2. The van der Waals surface area contributed by atoms with Gasteiger partial charge in [-0.3, -0.25) is 9.59 Å². The Kier molecular flexibility index (Phi) is 5.19. The first-order valence-corrected chi connectivity index (χ1v) is 9.25. The van der Waals surface area contributed by atoms with Crippen LogP contribution in [0.3, 0.4) is 0 Å². The molecule has 134 valence electrons. The van der Waals surface area contributed by atoms with Crippen molar-refractivity contribution in [2.75, 3.05) is 0 Å². The Bertz CT molecular complexity index is 1090. The molecule has 3 aromatic rings. The van der Waals surface area contributed by atoms with Crippen LogP contribution < -0.4 is 11.0 Å². The van der Waals surface area contributed by atoms with Crippen LogP contribution in [0.25, 0.3) is 10.2 Å². The number of fused-ring (bicyclic) bond motifs is 1. The summed E-state index contributed by atoms with van der Waals surface area (Å²) in [6, 6.07) is 4.84. The standard InChI is InChI=1S/C17H15BrN4O3S/c1-8-9(2)26-17-15(8)16(25)20-13(21-17)6-14(24)22-19-7-10-3-4-12(23)11(18)5-10/h3-5,7,23H,6H2,1-2H3,(H,22,24)(H,20,21,25)/b19-7+. The molecule has 0 saturated carbocycles. The lowest BCUT2D eigenvalue weighted by Crippen LogP contribution is -2.23. The van der Waals surface area contributed by atoms with Crippen LogP contribution in [-0.2, 0) is 11.2 Å². The second-order valence-electron chi connectivity index (χ2n) is 5.66. The molecule has 0 bridgehead atoms. The highest BCUT2D eigenvalue weighted by Crippen LogP contribution is 2.25. The van der Waals surface area contributed by atoms with Gasteiger partial charge >= 0.3 is 0 Å². The molecule has 0 fully saturated rings. The minimum absolute atomic E-state index is 0.0855. The van der Waals surface area contributed by atoms with Gasteiger partial charge in [0.05, 0.1) is 22.5 Å². The molecule has 0 spiro atoms. The summed E-state index contributed by atoms with van der Waals surface area (Å²) in [5, 5.41) is 13.9. The Hall–Kier alpha value is -2.52. The van der Waals surface area contributed by atoms with Crippen molar-refractivity contribution < 1.29 is 9.90 Å². The van der Waals surface area contributed by atoms with Gasteiger partial charge in [-0.1, -0.05) is 0 Å². The Morgan fingerprint density at radius 3 is 2.96 bits per heavy atom. The van der Waals surface area contributed by atoms with E-state index < -0.39 is 5.91 Å². The highest BCUT2D eigenvalue weighted by Gasteiger charge is 2.13. The number of aromatic hydroxyl groups is 1. The molecular formula is C17H15BrN4O3S. The quantitative estimate of drug-likeness (QED) is 0.433. The summed E-state index contributed by atoms with van der Waals surface area (Å²) in [5.74, 6) is 0.0195. The zero-order valence-electron chi connectivity index (χ0n) is 14.0. The summed E-state index contributed by atoms with van der Waals surface area (Å²) in [6.07, 6.45) is 1.37. The smallest absolute Gasteiger partial charge is 0.259 e. The molecule has 0 aliphatic carbocycles. The summed E-state index contributed by atoms with van der Waals surface area (Å²) in [6.45, 7) is 3.82. The number of hydrazone groups is 1. The van der Waals surface area contributed by atoms with E-state index in [2.05, 4.69) is 36.4 Å². The maximum atomic E-state index is 12.2. The fourth-order valence-electron chi connectivity index (χ4n) is 2.36. The van der Waals surface area contributed by atoms with Gasteiger partial charge in [-0.05, 0) is 59.1 Å². The number of nitrogens with one attached hydrogen (secondary N) is 2. The number of hydrogen-bond donors (Lipinski definition) is 3. The molecule has 3 N–H and O–H groups in total. The first kappa shape index (κ1) is 18.3. The first-order valence-electron chi connectivity index (χ1n) is 7.64. The van der Waals surface area contributed by atoms with Crippen molar-refractivity contribution in [3.05, 3.63) is 54.9 Å². The van der Waals surface area contributed by atoms with E-state index in [1.165, 1.54) is 23.6 Å². The number of phenols is 1. The van der Waals surface area contributed by atoms with Crippen LogP contribution in [0.1, 0.15) is 21.8 Å². The monoisotopic (exact) mass is 434 g/mol. The highest BCUT2D eigenvalue weighted by atomic mass is 79.9. The van der Waals surface area contributed by atoms with Gasteiger partial charge in [0.2, 0.25) is 5.91 Å². The number of halogens is 1. The Morgan fingerprint density at radius 2 is 2.23 bits per heavy atom. The molecule has 2 aromatic heterocycles. The van der Waals surface area contributed by atoms with Crippen molar-refractivity contribution >= 4 is 49.6 Å². The average Bonchev–Trinajstić information content (AvgIpc) is 2.85. The number of phenolic OH excluding ortho intramolecular Hbond substituents is 1. The summed E-state index contributed by atoms with van der Waals surface area (Å²) < 4.78 is 0.532. The number of hydrogen-bond acceptors (Lipinski definition) is 6. The number of thiophene rings is 1. The topological polar surface area (TPSA) is 107 Å². The molecule has 0 radical (unpaired) electrons. The second kappa shape index (κ2) is 7.38. The van der Waals surface area contributed by atoms with Crippen molar-refractivity contribution in [1.82, 2.24) is 15.4 Å². The number of benzene rings is 1. The number of nitrogens with zero attached hydrogens (tertiary/aromatic N) is 2. The van der Waals surface area contributed by atoms with Crippen LogP contribution in [0.4, 0.5) is 0 Å². The van der Waals surface area contributed by atoms with Gasteiger partial charge in [0.1, 0.15) is 16.4 Å². The van der Waals surface area contributed by atoms with Gasteiger partial charge < -0.3 is 10.1 Å². The third-order valence-electron chi connectivity index (χ3n) is 3.79. The third kappa shape index (κ3) is 3.83. The third-order valence-corrected chi connectivity index (χ3v) is 5.53. The predicted molar refractivity (Wildman–Crippen MR) is 105 cm³/mol. The minimum atomic E-state index is -0.397. The van der Waals surface area contributed by atoms with Crippen LogP contribution in [0.15, 0.2) is 32.6 Å². The Balaban J connectivity index is 1.70. The predicted octanol–water partition coefficient (Wildman–Crippen LogP) is 2.76. The van der Waals surface area contributed by atoms with E-state index in [-0.39, 0.29) is 17.7 Å². The van der Waals surface area contributed by atoms with Crippen molar-refractivity contribution in [2.24, 2.45) is 5.10 Å². The number of carbonyl (C=O) groups excluding carboxylic acids is 1. The molecule has 7 nitrogen and oxygen atoms in total. The number of H-pyrrole nitrogens is 1. The summed E-state index contributed by atoms with van der Waals surface area (Å²) in [5.41, 5.74) is 3.77. The molecule has 0 unspecified atom stereocenters. The van der Waals surface area contributed by atoms with E-state index in [0.717, 1.165) is 10.4 Å². The molecule has 3 rings (SSSR count). The molecule has 0 aliphatic rings. The molecule has 1 aromatic carbocycles. The van der Waals surface area contributed by atoms with Gasteiger partial charge in [-0.25, -0.2) is 10.4 Å². The number of carbonyl (C=O) groups is 1. The van der Waals surface area contributed by atoms with Crippen LogP contribution >= 0.6 is 27.3 Å². The van der Waals surface area contributed by atoms with E-state index in [1.54, 1.807) is 12.1 Å². The van der Waals surface area contributed by atoms with Crippen molar-refractivity contribution in [1.29, 1.82) is 0 Å². The van der Waals surface area contributed by atoms with E-state index in [0.29, 0.717) is 26.1 Å². The van der Waals surface area contributed by atoms with E-state index in [1.807, 2.05) is 13.8 Å². The van der Waals surface area contributed by atoms with E-state index in [4.69, 9.17) is 0 Å². The SMILES string of the molecule is Cc1sc2nc(CC(=O)N/N=C/c3ccc(O)c(Br)c3)[nH]c(=O)c2c1C. The zero-order chi connectivity index (χ0) is 18.8. The lowest BCUT2D eigenvalue weighted by atomic mass is 10.2. The molecule has 1 amide bonds. The fraction of sp³-hybridized carbons (Fsp3) is 0.176. The van der Waals surface area contributed by atoms with Gasteiger partial charge in [0, 0.05) is 4.88 Å². The minimum Gasteiger partial charge on any atom is -0.507 e. The number of aromatic amines is 1. The van der Waals surface area contributed by atoms with Gasteiger partial charge in [0.15, 0.2) is 0 Å². The number of aromatic nitrogens is 2. The van der Waals surface area contributed by atoms with Crippen LogP contribution in [0.5, 0.6) is 5.75 Å². The van der Waals surface area contributed by atoms with Crippen molar-refractivity contribution in [2.45, 2.75) is 20.3 Å². The number of rotatable bonds is 4. The normalized spacial score (nSPS) is 11.3. The van der Waals surface area contributed by atoms with Crippen molar-refractivity contribution in [3.8, 4) is 5.75 Å². The number of amides is 1. The first-order chi connectivity index (χ1) is 12.3. The summed E-state index contributed by atoms with van der Waals surface area (Å²) in [4.78, 5) is 32.9. The zero-order valence-corrected chi connectivity index (χ0v) is 16.4. The lowest BCUT2D eigenvalue weighted by Gasteiger charge is -2.01. The Morgan fingerprint density at radius 1 is 1.46 bits per heavy atom. The van der Waals surface area contributed by atoms with Crippen LogP contribution in [-0.4, -0.2) is 27.2 Å². The van der Waals surface area contributed by atoms with Crippen molar-refractivity contribution in [3.63, 3.8) is 0 Å². The molecular weight excluding hydrogens is 420 g/mol. The second-order valence-corrected chi connectivity index (χ2v) is 7.71. The molecule has 9 heteroatoms. The molecule has 0 atom stereocenters. The summed E-state index contributed by atoms with van der Waals surface area (Å²) >= 11 is 4.64. The summed E-state index contributed by atoms with van der Waals surface area (Å²) in [7, 11) is 0.